The van der Waals surface area contributed by atoms with Gasteiger partial charge in [0.25, 0.3) is 0 Å². The van der Waals surface area contributed by atoms with Crippen LogP contribution in [0.25, 0.3) is 11.1 Å². The molecule has 18 heavy (non-hydrogen) atoms. The lowest BCUT2D eigenvalue weighted by molar-refractivity contribution is -0.692. The lowest BCUT2D eigenvalue weighted by Crippen LogP contribution is -2.33. The van der Waals surface area contributed by atoms with Gasteiger partial charge in [-0.2, -0.15) is 25.3 Å². The fourth-order valence-electron chi connectivity index (χ4n) is 1.83. The van der Waals surface area contributed by atoms with E-state index in [0.717, 1.165) is 24.6 Å². The zero-order valence-corrected chi connectivity index (χ0v) is 12.0. The summed E-state index contributed by atoms with van der Waals surface area (Å²) in [6.07, 6.45) is 8.39. The highest BCUT2D eigenvalue weighted by molar-refractivity contribution is 7.80. The van der Waals surface area contributed by atoms with Gasteiger partial charge < -0.3 is 0 Å². The number of aryl methyl sites for hydroxylation is 2. The number of hydrogen-bond donors (Lipinski definition) is 2. The summed E-state index contributed by atoms with van der Waals surface area (Å²) in [6.45, 7) is 1.89. The fraction of sp³-hybridized carbons (Fsp3) is 0.286. The molecule has 0 unspecified atom stereocenters. The average Bonchev–Trinajstić information content (AvgIpc) is 2.41. The smallest absolute Gasteiger partial charge is 0.169 e. The molecular formula is C14H18N2S2+2. The van der Waals surface area contributed by atoms with Crippen molar-refractivity contribution in [1.29, 1.82) is 0 Å². The number of pyridine rings is 2. The fourth-order valence-corrected chi connectivity index (χ4v) is 2.29. The van der Waals surface area contributed by atoms with Gasteiger partial charge in [0.1, 0.15) is 0 Å². The molecule has 2 heterocycles. The average molecular weight is 278 g/mol. The predicted molar refractivity (Wildman–Crippen MR) is 80.0 cm³/mol. The number of nitrogens with zero attached hydrogens (tertiary/aromatic N) is 2. The summed E-state index contributed by atoms with van der Waals surface area (Å²) in [5.41, 5.74) is 2.48. The van der Waals surface area contributed by atoms with Gasteiger partial charge in [0.15, 0.2) is 37.9 Å². The molecule has 0 radical (unpaired) electrons. The Morgan fingerprint density at radius 3 is 1.28 bits per heavy atom. The molecule has 0 N–H and O–H groups in total. The first-order valence-corrected chi connectivity index (χ1v) is 7.30. The van der Waals surface area contributed by atoms with Gasteiger partial charge in [-0.05, 0) is 11.1 Å². The predicted octanol–water partition coefficient (Wildman–Crippen LogP) is 1.79. The van der Waals surface area contributed by atoms with Crippen molar-refractivity contribution in [2.75, 3.05) is 11.5 Å². The van der Waals surface area contributed by atoms with Gasteiger partial charge >= 0.3 is 0 Å². The second-order valence-corrected chi connectivity index (χ2v) is 4.99. The molecule has 0 atom stereocenters. The summed E-state index contributed by atoms with van der Waals surface area (Å²) in [4.78, 5) is 0. The van der Waals surface area contributed by atoms with E-state index in [2.05, 4.69) is 83.4 Å². The molecular weight excluding hydrogens is 260 g/mol. The molecule has 94 valence electrons. The van der Waals surface area contributed by atoms with E-state index in [-0.39, 0.29) is 0 Å². The molecule has 0 aromatic carbocycles. The van der Waals surface area contributed by atoms with Crippen LogP contribution in [0.2, 0.25) is 0 Å². The maximum Gasteiger partial charge on any atom is 0.169 e. The first kappa shape index (κ1) is 13.4. The molecule has 0 aliphatic carbocycles. The van der Waals surface area contributed by atoms with Crippen LogP contribution in [0.5, 0.6) is 0 Å². The lowest BCUT2D eigenvalue weighted by atomic mass is 10.1. The maximum atomic E-state index is 4.23. The van der Waals surface area contributed by atoms with Crippen LogP contribution in [0.1, 0.15) is 0 Å². The summed E-state index contributed by atoms with van der Waals surface area (Å²) in [5.74, 6) is 1.72. The number of hydrogen-bond acceptors (Lipinski definition) is 2. The molecule has 0 bridgehead atoms. The molecule has 0 fully saturated rings. The second kappa shape index (κ2) is 6.81. The van der Waals surface area contributed by atoms with Gasteiger partial charge in [0.2, 0.25) is 0 Å². The highest BCUT2D eigenvalue weighted by Crippen LogP contribution is 2.15. The molecule has 2 nitrogen and oxygen atoms in total. The number of thiol groups is 2. The Labute approximate surface area is 119 Å². The SMILES string of the molecule is SCC[n+]1ccc(-c2cc[n+](CCS)cc2)cc1. The summed E-state index contributed by atoms with van der Waals surface area (Å²) in [7, 11) is 0. The molecule has 0 saturated carbocycles. The van der Waals surface area contributed by atoms with Gasteiger partial charge in [-0.15, -0.1) is 0 Å². The topological polar surface area (TPSA) is 7.76 Å². The largest absolute Gasteiger partial charge is 0.204 e. The quantitative estimate of drug-likeness (QED) is 0.609. The van der Waals surface area contributed by atoms with Crippen molar-refractivity contribution >= 4 is 25.3 Å². The molecule has 2 aromatic rings. The van der Waals surface area contributed by atoms with E-state index in [1.807, 2.05) is 0 Å². The van der Waals surface area contributed by atoms with Crippen molar-refractivity contribution in [3.8, 4) is 11.1 Å². The van der Waals surface area contributed by atoms with Gasteiger partial charge in [0, 0.05) is 35.8 Å². The summed E-state index contributed by atoms with van der Waals surface area (Å²) < 4.78 is 4.28. The van der Waals surface area contributed by atoms with E-state index < -0.39 is 0 Å². The van der Waals surface area contributed by atoms with E-state index in [1.54, 1.807) is 0 Å². The molecule has 0 saturated heterocycles. The molecule has 0 spiro atoms. The van der Waals surface area contributed by atoms with Gasteiger partial charge in [0.05, 0.1) is 0 Å². The Kier molecular flexibility index (Phi) is 5.08. The molecule has 2 rings (SSSR count). The number of rotatable bonds is 5. The third-order valence-electron chi connectivity index (χ3n) is 2.83. The lowest BCUT2D eigenvalue weighted by Gasteiger charge is -2.00. The van der Waals surface area contributed by atoms with Crippen LogP contribution in [0, 0.1) is 0 Å². The first-order chi connectivity index (χ1) is 8.83. The zero-order valence-electron chi connectivity index (χ0n) is 10.2. The summed E-state index contributed by atoms with van der Waals surface area (Å²) in [6, 6.07) is 8.56. The van der Waals surface area contributed by atoms with Crippen LogP contribution in [0.3, 0.4) is 0 Å². The van der Waals surface area contributed by atoms with Crippen molar-refractivity contribution in [3.63, 3.8) is 0 Å². The Morgan fingerprint density at radius 1 is 0.667 bits per heavy atom. The monoisotopic (exact) mass is 278 g/mol. The highest BCUT2D eigenvalue weighted by Gasteiger charge is 2.04. The molecule has 2 aromatic heterocycles. The normalized spacial score (nSPS) is 10.6. The summed E-state index contributed by atoms with van der Waals surface area (Å²) >= 11 is 8.46. The van der Waals surface area contributed by atoms with Crippen LogP contribution in [0.4, 0.5) is 0 Å². The first-order valence-electron chi connectivity index (χ1n) is 6.04. The van der Waals surface area contributed by atoms with Crippen molar-refractivity contribution in [3.05, 3.63) is 49.1 Å². The Bertz CT molecular complexity index is 433. The Morgan fingerprint density at radius 2 is 1.00 bits per heavy atom. The van der Waals surface area contributed by atoms with Gasteiger partial charge in [-0.1, -0.05) is 0 Å². The third-order valence-corrected chi connectivity index (χ3v) is 3.23. The Hall–Kier alpha value is -1.00. The van der Waals surface area contributed by atoms with Crippen LogP contribution in [-0.4, -0.2) is 11.5 Å². The standard InChI is InChI=1S/C14H16N2S2/c17-11-9-15-5-1-13(2-6-15)14-3-7-16(8-4-14)10-12-18/h1-8H,9-12H2/p+2. The van der Waals surface area contributed by atoms with Crippen LogP contribution >= 0.6 is 25.3 Å². The Balaban J connectivity index is 2.15. The van der Waals surface area contributed by atoms with Crippen molar-refractivity contribution < 1.29 is 9.13 Å². The molecule has 4 heteroatoms. The second-order valence-electron chi connectivity index (χ2n) is 4.10. The van der Waals surface area contributed by atoms with Crippen LogP contribution in [-0.2, 0) is 13.1 Å². The van der Waals surface area contributed by atoms with E-state index >= 15 is 0 Å². The van der Waals surface area contributed by atoms with E-state index in [9.17, 15) is 0 Å². The van der Waals surface area contributed by atoms with Crippen LogP contribution in [0.15, 0.2) is 49.1 Å². The molecule has 0 amide bonds. The minimum absolute atomic E-state index is 0.860. The number of aromatic nitrogens is 2. The van der Waals surface area contributed by atoms with Crippen molar-refractivity contribution in [2.45, 2.75) is 13.1 Å². The molecule has 0 aliphatic heterocycles. The van der Waals surface area contributed by atoms with Crippen molar-refractivity contribution in [2.24, 2.45) is 0 Å². The van der Waals surface area contributed by atoms with Crippen LogP contribution < -0.4 is 9.13 Å². The van der Waals surface area contributed by atoms with E-state index in [1.165, 1.54) is 11.1 Å². The maximum absolute atomic E-state index is 4.23. The van der Waals surface area contributed by atoms with E-state index in [0.29, 0.717) is 0 Å². The summed E-state index contributed by atoms with van der Waals surface area (Å²) in [5, 5.41) is 0. The molecule has 0 aliphatic rings. The third kappa shape index (κ3) is 3.50. The minimum atomic E-state index is 0.860. The highest BCUT2D eigenvalue weighted by atomic mass is 32.1. The van der Waals surface area contributed by atoms with E-state index in [4.69, 9.17) is 0 Å². The van der Waals surface area contributed by atoms with Crippen molar-refractivity contribution in [1.82, 2.24) is 0 Å². The zero-order chi connectivity index (χ0) is 12.8. The van der Waals surface area contributed by atoms with Gasteiger partial charge in [-0.25, -0.2) is 9.13 Å². The minimum Gasteiger partial charge on any atom is -0.204 e. The van der Waals surface area contributed by atoms with Gasteiger partial charge in [-0.3, -0.25) is 0 Å².